The van der Waals surface area contributed by atoms with Gasteiger partial charge in [-0.15, -0.1) is 11.3 Å². The predicted molar refractivity (Wildman–Crippen MR) is 54.7 cm³/mol. The van der Waals surface area contributed by atoms with Crippen molar-refractivity contribution in [3.8, 4) is 0 Å². The number of thiophene rings is 1. The topological polar surface area (TPSA) is 48.8 Å². The molecule has 0 radical (unpaired) electrons. The van der Waals surface area contributed by atoms with Gasteiger partial charge < -0.3 is 0 Å². The Morgan fingerprint density at radius 2 is 2.23 bits per heavy atom. The molecule has 0 aliphatic rings. The van der Waals surface area contributed by atoms with Crippen molar-refractivity contribution in [3.63, 3.8) is 0 Å². The molecule has 64 valence electrons. The minimum Gasteiger partial charge on any atom is -0.144 e. The number of benzene rings is 1. The molecule has 3 nitrogen and oxygen atoms in total. The summed E-state index contributed by atoms with van der Waals surface area (Å²) in [6, 6.07) is 8.12. The summed E-state index contributed by atoms with van der Waals surface area (Å²) >= 11 is 1.68. The van der Waals surface area contributed by atoms with E-state index in [2.05, 4.69) is 16.1 Å². The van der Waals surface area contributed by atoms with Gasteiger partial charge in [0.15, 0.2) is 0 Å². The van der Waals surface area contributed by atoms with E-state index in [-0.39, 0.29) is 0 Å². The first kappa shape index (κ1) is 8.10. The van der Waals surface area contributed by atoms with E-state index < -0.39 is 0 Å². The van der Waals surface area contributed by atoms with Gasteiger partial charge in [0.2, 0.25) is 0 Å². The molecule has 0 fully saturated rings. The van der Waals surface area contributed by atoms with Gasteiger partial charge in [0, 0.05) is 9.61 Å². The number of nitrogens with zero attached hydrogens (tertiary/aromatic N) is 3. The maximum atomic E-state index is 8.20. The van der Waals surface area contributed by atoms with Gasteiger partial charge in [-0.25, -0.2) is 0 Å². The monoisotopic (exact) mass is 189 g/mol. The second kappa shape index (κ2) is 3.47. The van der Waals surface area contributed by atoms with E-state index in [9.17, 15) is 0 Å². The first-order valence-corrected chi connectivity index (χ1v) is 4.76. The quantitative estimate of drug-likeness (QED) is 0.393. The van der Waals surface area contributed by atoms with Gasteiger partial charge in [-0.2, -0.15) is 0 Å². The minimum absolute atomic E-state index is 0.445. The molecule has 0 saturated carbocycles. The van der Waals surface area contributed by atoms with Crippen LogP contribution in [0.2, 0.25) is 0 Å². The Morgan fingerprint density at radius 3 is 3.08 bits per heavy atom. The Labute approximate surface area is 79.3 Å². The van der Waals surface area contributed by atoms with Crippen molar-refractivity contribution in [2.75, 3.05) is 0 Å². The third-order valence-electron chi connectivity index (χ3n) is 1.87. The molecular formula is C9H7N3S. The van der Waals surface area contributed by atoms with E-state index in [0.717, 1.165) is 5.56 Å². The molecule has 0 aliphatic carbocycles. The van der Waals surface area contributed by atoms with Crippen molar-refractivity contribution in [2.45, 2.75) is 6.54 Å². The van der Waals surface area contributed by atoms with Crippen molar-refractivity contribution >= 4 is 21.4 Å². The van der Waals surface area contributed by atoms with E-state index in [1.807, 2.05) is 23.6 Å². The molecule has 1 heterocycles. The molecule has 1 aromatic heterocycles. The highest BCUT2D eigenvalue weighted by Crippen LogP contribution is 2.25. The van der Waals surface area contributed by atoms with Crippen LogP contribution in [0.1, 0.15) is 5.56 Å². The van der Waals surface area contributed by atoms with Crippen LogP contribution in [0, 0.1) is 0 Å². The Kier molecular flexibility index (Phi) is 2.17. The second-order valence-corrected chi connectivity index (χ2v) is 3.56. The van der Waals surface area contributed by atoms with Crippen LogP contribution < -0.4 is 0 Å². The van der Waals surface area contributed by atoms with E-state index in [1.54, 1.807) is 11.3 Å². The number of fused-ring (bicyclic) bond motifs is 1. The summed E-state index contributed by atoms with van der Waals surface area (Å²) in [6.07, 6.45) is 0. The largest absolute Gasteiger partial charge is 0.144 e. The molecule has 0 saturated heterocycles. The summed E-state index contributed by atoms with van der Waals surface area (Å²) in [7, 11) is 0. The van der Waals surface area contributed by atoms with Crippen LogP contribution in [0.25, 0.3) is 20.5 Å². The molecule has 13 heavy (non-hydrogen) atoms. The molecule has 4 heteroatoms. The molecule has 0 unspecified atom stereocenters. The number of hydrogen-bond donors (Lipinski definition) is 0. The van der Waals surface area contributed by atoms with Gasteiger partial charge in [-0.3, -0.25) is 0 Å². The summed E-state index contributed by atoms with van der Waals surface area (Å²) in [5.41, 5.74) is 9.31. The highest BCUT2D eigenvalue weighted by molar-refractivity contribution is 7.17. The van der Waals surface area contributed by atoms with Crippen molar-refractivity contribution in [1.29, 1.82) is 0 Å². The fourth-order valence-corrected chi connectivity index (χ4v) is 2.22. The third kappa shape index (κ3) is 1.49. The van der Waals surface area contributed by atoms with Crippen LogP contribution in [-0.4, -0.2) is 0 Å². The third-order valence-corrected chi connectivity index (χ3v) is 2.88. The maximum Gasteiger partial charge on any atom is 0.0525 e. The van der Waals surface area contributed by atoms with Gasteiger partial charge in [-0.1, -0.05) is 23.3 Å². The maximum absolute atomic E-state index is 8.20. The highest BCUT2D eigenvalue weighted by Gasteiger charge is 2.00. The first-order valence-electron chi connectivity index (χ1n) is 3.88. The average molecular weight is 189 g/mol. The zero-order chi connectivity index (χ0) is 9.10. The zero-order valence-corrected chi connectivity index (χ0v) is 7.66. The van der Waals surface area contributed by atoms with Gasteiger partial charge >= 0.3 is 0 Å². The molecule has 0 atom stereocenters. The lowest BCUT2D eigenvalue weighted by Gasteiger charge is -1.91. The lowest BCUT2D eigenvalue weighted by atomic mass is 10.2. The fraction of sp³-hybridized carbons (Fsp3) is 0.111. The van der Waals surface area contributed by atoms with Crippen molar-refractivity contribution in [1.82, 2.24) is 0 Å². The van der Waals surface area contributed by atoms with E-state index in [4.69, 9.17) is 5.53 Å². The van der Waals surface area contributed by atoms with Gasteiger partial charge in [0.1, 0.15) is 0 Å². The molecule has 2 aromatic rings. The number of azide groups is 1. The molecule has 0 spiro atoms. The first-order chi connectivity index (χ1) is 6.42. The summed E-state index contributed by atoms with van der Waals surface area (Å²) in [6.45, 7) is 0.445. The van der Waals surface area contributed by atoms with Gasteiger partial charge in [0.05, 0.1) is 6.54 Å². The normalized spacial score (nSPS) is 9.85. The molecule has 1 aromatic carbocycles. The molecule has 2 rings (SSSR count). The highest BCUT2D eigenvalue weighted by atomic mass is 32.1. The minimum atomic E-state index is 0.445. The Balaban J connectivity index is 2.51. The van der Waals surface area contributed by atoms with Gasteiger partial charge in [0.25, 0.3) is 0 Å². The Hall–Kier alpha value is -1.51. The Bertz CT molecular complexity index is 468. The van der Waals surface area contributed by atoms with Crippen LogP contribution >= 0.6 is 11.3 Å². The molecule has 0 aliphatic heterocycles. The van der Waals surface area contributed by atoms with Crippen molar-refractivity contribution < 1.29 is 0 Å². The average Bonchev–Trinajstić information content (AvgIpc) is 2.58. The predicted octanol–water partition coefficient (Wildman–Crippen LogP) is 3.71. The zero-order valence-electron chi connectivity index (χ0n) is 6.84. The van der Waals surface area contributed by atoms with Crippen LogP contribution in [0.15, 0.2) is 34.8 Å². The molecule has 0 amide bonds. The lowest BCUT2D eigenvalue weighted by molar-refractivity contribution is 1.07. The van der Waals surface area contributed by atoms with E-state index in [1.165, 1.54) is 10.1 Å². The Morgan fingerprint density at radius 1 is 1.38 bits per heavy atom. The summed E-state index contributed by atoms with van der Waals surface area (Å²) in [4.78, 5) is 2.75. The number of rotatable bonds is 2. The second-order valence-electron chi connectivity index (χ2n) is 2.65. The summed E-state index contributed by atoms with van der Waals surface area (Å²) < 4.78 is 1.24. The summed E-state index contributed by atoms with van der Waals surface area (Å²) in [5, 5.41) is 6.79. The van der Waals surface area contributed by atoms with Crippen molar-refractivity contribution in [2.24, 2.45) is 5.11 Å². The van der Waals surface area contributed by atoms with Crippen LogP contribution in [0.5, 0.6) is 0 Å². The van der Waals surface area contributed by atoms with Crippen LogP contribution in [0.4, 0.5) is 0 Å². The standard InChI is InChI=1S/C9H7N3S/c10-12-11-5-7-6-13-9-4-2-1-3-8(7)9/h1-4,6H,5H2. The lowest BCUT2D eigenvalue weighted by Crippen LogP contribution is -1.74. The van der Waals surface area contributed by atoms with Crippen molar-refractivity contribution in [3.05, 3.63) is 45.7 Å². The van der Waals surface area contributed by atoms with E-state index in [0.29, 0.717) is 6.54 Å². The van der Waals surface area contributed by atoms with Gasteiger partial charge in [-0.05, 0) is 27.9 Å². The SMILES string of the molecule is [N-]=[N+]=NCc1csc2ccccc12. The molecule has 0 N–H and O–H groups in total. The summed E-state index contributed by atoms with van der Waals surface area (Å²) in [5.74, 6) is 0. The van der Waals surface area contributed by atoms with Crippen LogP contribution in [-0.2, 0) is 6.54 Å². The molecule has 0 bridgehead atoms. The number of hydrogen-bond acceptors (Lipinski definition) is 2. The van der Waals surface area contributed by atoms with E-state index >= 15 is 0 Å². The fourth-order valence-electron chi connectivity index (χ4n) is 1.26. The molecular weight excluding hydrogens is 182 g/mol. The smallest absolute Gasteiger partial charge is 0.0525 e. The van der Waals surface area contributed by atoms with Crippen LogP contribution in [0.3, 0.4) is 0 Å².